The maximum absolute atomic E-state index is 12.1. The molecular weight excluding hydrogens is 396 g/mol. The summed E-state index contributed by atoms with van der Waals surface area (Å²) in [5, 5.41) is 0. The van der Waals surface area contributed by atoms with Crippen LogP contribution in [0.15, 0.2) is 36.5 Å². The quantitative estimate of drug-likeness (QED) is 0.169. The molecule has 1 aliphatic heterocycles. The summed E-state index contributed by atoms with van der Waals surface area (Å²) in [6.07, 6.45) is 9.31. The van der Waals surface area contributed by atoms with Crippen molar-refractivity contribution in [2.24, 2.45) is 0 Å². The van der Waals surface area contributed by atoms with E-state index in [1.165, 1.54) is 25.7 Å². The third kappa shape index (κ3) is 7.51. The van der Waals surface area contributed by atoms with E-state index in [1.807, 2.05) is 6.07 Å². The Morgan fingerprint density at radius 3 is 2.68 bits per heavy atom. The number of nitrogens with zero attached hydrogens (tertiary/aromatic N) is 2. The lowest BCUT2D eigenvalue weighted by molar-refractivity contribution is 0.0563. The van der Waals surface area contributed by atoms with Crippen molar-refractivity contribution in [1.82, 2.24) is 9.97 Å². The van der Waals surface area contributed by atoms with E-state index >= 15 is 0 Å². The van der Waals surface area contributed by atoms with Crippen molar-refractivity contribution in [3.63, 3.8) is 0 Å². The van der Waals surface area contributed by atoms with Gasteiger partial charge in [-0.2, -0.15) is 4.98 Å². The number of ether oxygens (including phenoxy) is 4. The first-order chi connectivity index (χ1) is 15.2. The number of carbonyl (C=O) groups excluding carboxylic acids is 1. The standard InChI is InChI=1S/C24H32N2O5/c1-3-5-6-7-8-11-17-28-21-15-16-25-22(26-21)18-13-9-10-14-19(18)30-24(27)31-23-20(29-23)12-4-2/h9-10,13-16,20,23H,3-8,11-12,17H2,1-2H3/t20-,23-/m1/s1. The van der Waals surface area contributed by atoms with E-state index in [0.29, 0.717) is 29.6 Å². The SMILES string of the molecule is CCCCCCCCOc1ccnc(-c2ccccc2OC(=O)O[C@H]2O[C@@H]2CCC)n1. The van der Waals surface area contributed by atoms with E-state index < -0.39 is 12.4 Å². The summed E-state index contributed by atoms with van der Waals surface area (Å²) in [4.78, 5) is 20.9. The number of carbonyl (C=O) groups is 1. The molecule has 7 nitrogen and oxygen atoms in total. The van der Waals surface area contributed by atoms with Gasteiger partial charge in [0.15, 0.2) is 5.82 Å². The minimum Gasteiger partial charge on any atom is -0.478 e. The molecule has 2 aromatic rings. The van der Waals surface area contributed by atoms with E-state index in [0.717, 1.165) is 25.7 Å². The van der Waals surface area contributed by atoms with Crippen LogP contribution < -0.4 is 9.47 Å². The maximum atomic E-state index is 12.1. The highest BCUT2D eigenvalue weighted by atomic mass is 16.8. The second kappa shape index (κ2) is 12.2. The predicted molar refractivity (Wildman–Crippen MR) is 117 cm³/mol. The van der Waals surface area contributed by atoms with Gasteiger partial charge in [0.05, 0.1) is 12.2 Å². The Kier molecular flexibility index (Phi) is 9.09. The van der Waals surface area contributed by atoms with E-state index in [9.17, 15) is 4.79 Å². The van der Waals surface area contributed by atoms with Gasteiger partial charge in [-0.1, -0.05) is 64.5 Å². The maximum Gasteiger partial charge on any atom is 0.516 e. The number of hydrogen-bond acceptors (Lipinski definition) is 7. The molecular formula is C24H32N2O5. The predicted octanol–water partition coefficient (Wildman–Crippen LogP) is 5.92. The Bertz CT molecular complexity index is 829. The molecule has 0 amide bonds. The van der Waals surface area contributed by atoms with Crippen LogP contribution in [0.3, 0.4) is 0 Å². The highest BCUT2D eigenvalue weighted by molar-refractivity contribution is 5.71. The van der Waals surface area contributed by atoms with Crippen molar-refractivity contribution in [1.29, 1.82) is 0 Å². The average Bonchev–Trinajstić information content (AvgIpc) is 3.51. The van der Waals surface area contributed by atoms with Gasteiger partial charge >= 0.3 is 6.16 Å². The Balaban J connectivity index is 1.54. The largest absolute Gasteiger partial charge is 0.516 e. The van der Waals surface area contributed by atoms with Gasteiger partial charge in [-0.25, -0.2) is 9.78 Å². The molecule has 168 valence electrons. The normalized spacial score (nSPS) is 17.2. The van der Waals surface area contributed by atoms with Crippen molar-refractivity contribution in [3.8, 4) is 23.0 Å². The molecule has 0 spiro atoms. The Morgan fingerprint density at radius 1 is 1.03 bits per heavy atom. The van der Waals surface area contributed by atoms with Crippen LogP contribution >= 0.6 is 0 Å². The lowest BCUT2D eigenvalue weighted by Crippen LogP contribution is -2.14. The smallest absolute Gasteiger partial charge is 0.478 e. The lowest BCUT2D eigenvalue weighted by atomic mass is 10.1. The van der Waals surface area contributed by atoms with Gasteiger partial charge in [-0.15, -0.1) is 0 Å². The number of aromatic nitrogens is 2. The fourth-order valence-corrected chi connectivity index (χ4v) is 3.28. The number of hydrogen-bond donors (Lipinski definition) is 0. The minimum absolute atomic E-state index is 0.0309. The lowest BCUT2D eigenvalue weighted by Gasteiger charge is -2.10. The second-order valence-electron chi connectivity index (χ2n) is 7.63. The zero-order chi connectivity index (χ0) is 21.9. The van der Waals surface area contributed by atoms with Crippen molar-refractivity contribution in [2.45, 2.75) is 77.6 Å². The molecule has 0 aliphatic carbocycles. The van der Waals surface area contributed by atoms with E-state index in [4.69, 9.17) is 18.9 Å². The van der Waals surface area contributed by atoms with Crippen LogP contribution in [0.25, 0.3) is 11.4 Å². The monoisotopic (exact) mass is 428 g/mol. The summed E-state index contributed by atoms with van der Waals surface area (Å²) in [6.45, 7) is 4.89. The first-order valence-corrected chi connectivity index (χ1v) is 11.3. The number of para-hydroxylation sites is 1. The first-order valence-electron chi connectivity index (χ1n) is 11.3. The van der Waals surface area contributed by atoms with Gasteiger partial charge in [0.2, 0.25) is 12.2 Å². The second-order valence-corrected chi connectivity index (χ2v) is 7.63. The summed E-state index contributed by atoms with van der Waals surface area (Å²) in [5.41, 5.74) is 0.589. The van der Waals surface area contributed by atoms with Crippen LogP contribution in [0.2, 0.25) is 0 Å². The summed E-state index contributed by atoms with van der Waals surface area (Å²) >= 11 is 0. The van der Waals surface area contributed by atoms with Crippen LogP contribution in [-0.2, 0) is 9.47 Å². The number of epoxide rings is 1. The highest BCUT2D eigenvalue weighted by Crippen LogP contribution is 2.31. The molecule has 1 aliphatic rings. The van der Waals surface area contributed by atoms with E-state index in [2.05, 4.69) is 23.8 Å². The van der Waals surface area contributed by atoms with Crippen molar-refractivity contribution in [2.75, 3.05) is 6.61 Å². The molecule has 1 aromatic heterocycles. The summed E-state index contributed by atoms with van der Waals surface area (Å²) in [5.74, 6) is 1.26. The van der Waals surface area contributed by atoms with E-state index in [-0.39, 0.29) is 6.10 Å². The molecule has 7 heteroatoms. The van der Waals surface area contributed by atoms with Crippen molar-refractivity contribution < 1.29 is 23.7 Å². The van der Waals surface area contributed by atoms with Gasteiger partial charge in [0.1, 0.15) is 11.9 Å². The zero-order valence-corrected chi connectivity index (χ0v) is 18.4. The summed E-state index contributed by atoms with van der Waals surface area (Å²) in [6, 6.07) is 8.82. The van der Waals surface area contributed by atoms with Crippen LogP contribution in [-0.4, -0.2) is 35.1 Å². The van der Waals surface area contributed by atoms with Gasteiger partial charge in [-0.05, 0) is 25.0 Å². The molecule has 1 aromatic carbocycles. The van der Waals surface area contributed by atoms with Crippen molar-refractivity contribution >= 4 is 6.16 Å². The molecule has 0 saturated carbocycles. The molecule has 1 fully saturated rings. The van der Waals surface area contributed by atoms with Crippen LogP contribution in [0.1, 0.15) is 65.2 Å². The molecule has 0 bridgehead atoms. The highest BCUT2D eigenvalue weighted by Gasteiger charge is 2.42. The number of rotatable bonds is 13. The van der Waals surface area contributed by atoms with E-state index in [1.54, 1.807) is 30.5 Å². The molecule has 0 radical (unpaired) electrons. The van der Waals surface area contributed by atoms with Crippen molar-refractivity contribution in [3.05, 3.63) is 36.5 Å². The van der Waals surface area contributed by atoms with Gasteiger partial charge < -0.3 is 18.9 Å². The summed E-state index contributed by atoms with van der Waals surface area (Å²) in [7, 11) is 0. The van der Waals surface area contributed by atoms with Gasteiger partial charge in [0.25, 0.3) is 0 Å². The molecule has 0 N–H and O–H groups in total. The zero-order valence-electron chi connectivity index (χ0n) is 18.4. The van der Waals surface area contributed by atoms with Gasteiger partial charge in [-0.3, -0.25) is 0 Å². The topological polar surface area (TPSA) is 83.1 Å². The Hall–Kier alpha value is -2.67. The minimum atomic E-state index is -0.800. The molecule has 1 saturated heterocycles. The number of benzene rings is 1. The third-order valence-electron chi connectivity index (χ3n) is 5.02. The first kappa shape index (κ1) is 23.0. The summed E-state index contributed by atoms with van der Waals surface area (Å²) < 4.78 is 21.7. The fraction of sp³-hybridized carbons (Fsp3) is 0.542. The average molecular weight is 429 g/mol. The molecule has 31 heavy (non-hydrogen) atoms. The van der Waals surface area contributed by atoms with Crippen LogP contribution in [0.5, 0.6) is 11.6 Å². The molecule has 2 atom stereocenters. The van der Waals surface area contributed by atoms with Crippen LogP contribution in [0.4, 0.5) is 4.79 Å². The fourth-order valence-electron chi connectivity index (χ4n) is 3.28. The number of unbranched alkanes of at least 4 members (excludes halogenated alkanes) is 5. The Morgan fingerprint density at radius 2 is 1.84 bits per heavy atom. The Labute approximate surface area is 184 Å². The third-order valence-corrected chi connectivity index (χ3v) is 5.02. The molecule has 3 rings (SSSR count). The molecule has 2 heterocycles. The van der Waals surface area contributed by atoms with Gasteiger partial charge in [0, 0.05) is 12.3 Å². The van der Waals surface area contributed by atoms with Crippen LogP contribution in [0, 0.1) is 0 Å². The molecule has 0 unspecified atom stereocenters.